The van der Waals surface area contributed by atoms with E-state index in [1.165, 1.54) is 7.11 Å². The first kappa shape index (κ1) is 34.8. The van der Waals surface area contributed by atoms with Crippen molar-refractivity contribution in [2.45, 2.75) is 76.0 Å². The van der Waals surface area contributed by atoms with Gasteiger partial charge >= 0.3 is 12.2 Å². The van der Waals surface area contributed by atoms with E-state index in [4.69, 9.17) is 0 Å². The van der Waals surface area contributed by atoms with Crippen LogP contribution < -0.4 is 10.6 Å². The number of carbonyl (C=O) groups excluding carboxylic acids is 3. The van der Waals surface area contributed by atoms with Crippen molar-refractivity contribution in [2.24, 2.45) is 5.92 Å². The maximum atomic E-state index is 13.5. The number of rotatable bonds is 9. The number of aromatic nitrogens is 4. The predicted octanol–water partition coefficient (Wildman–Crippen LogP) is 5.64. The van der Waals surface area contributed by atoms with Crippen molar-refractivity contribution in [2.75, 3.05) is 20.2 Å². The van der Waals surface area contributed by atoms with Gasteiger partial charge in [0.05, 0.1) is 48.9 Å². The van der Waals surface area contributed by atoms with Gasteiger partial charge in [-0.1, -0.05) is 55.0 Å². The van der Waals surface area contributed by atoms with Crippen LogP contribution >= 0.6 is 0 Å². The lowest BCUT2D eigenvalue weighted by molar-refractivity contribution is -0.137. The van der Waals surface area contributed by atoms with Gasteiger partial charge in [-0.25, -0.2) is 19.6 Å². The fourth-order valence-corrected chi connectivity index (χ4v) is 7.97. The Kier molecular flexibility index (Phi) is 9.97. The topological polar surface area (TPSA) is 186 Å². The first-order chi connectivity index (χ1) is 25.2. The summed E-state index contributed by atoms with van der Waals surface area (Å²) in [6, 6.07) is 15.1. The van der Waals surface area contributed by atoms with E-state index in [2.05, 4.69) is 71.7 Å². The molecule has 52 heavy (non-hydrogen) atoms. The molecular formula is C38H44N8O6. The largest absolute Gasteiger partial charge is 0.465 e. The number of methoxy groups -OCH3 is 1. The second kappa shape index (κ2) is 14.9. The van der Waals surface area contributed by atoms with Crippen LogP contribution in [0.15, 0.2) is 60.9 Å². The fraction of sp³-hybridized carbons (Fsp3) is 0.421. The van der Waals surface area contributed by atoms with Crippen LogP contribution in [0.5, 0.6) is 0 Å². The van der Waals surface area contributed by atoms with Gasteiger partial charge < -0.3 is 40.2 Å². The Morgan fingerprint density at radius 1 is 0.769 bits per heavy atom. The molecule has 14 heteroatoms. The number of nitrogens with zero attached hydrogens (tertiary/aromatic N) is 4. The van der Waals surface area contributed by atoms with E-state index in [-0.39, 0.29) is 35.9 Å². The zero-order valence-electron chi connectivity index (χ0n) is 29.3. The third-order valence-electron chi connectivity index (χ3n) is 10.7. The molecule has 2 saturated heterocycles. The highest BCUT2D eigenvalue weighted by molar-refractivity contribution is 5.86. The molecule has 5 atom stereocenters. The van der Waals surface area contributed by atoms with Crippen LogP contribution in [0.1, 0.15) is 75.6 Å². The van der Waals surface area contributed by atoms with Crippen molar-refractivity contribution in [1.82, 2.24) is 40.4 Å². The van der Waals surface area contributed by atoms with Gasteiger partial charge in [-0.3, -0.25) is 9.59 Å². The zero-order chi connectivity index (χ0) is 36.4. The molecule has 3 fully saturated rings. The molecule has 0 bridgehead atoms. The smallest absolute Gasteiger partial charge is 0.407 e. The van der Waals surface area contributed by atoms with E-state index in [0.29, 0.717) is 25.9 Å². The number of hydrogen-bond acceptors (Lipinski definition) is 7. The number of benzene rings is 2. The van der Waals surface area contributed by atoms with E-state index in [9.17, 15) is 24.3 Å². The third-order valence-corrected chi connectivity index (χ3v) is 10.7. The summed E-state index contributed by atoms with van der Waals surface area (Å²) in [4.78, 5) is 69.3. The number of carbonyl (C=O) groups is 4. The Morgan fingerprint density at radius 2 is 1.29 bits per heavy atom. The number of H-pyrrole nitrogens is 2. The van der Waals surface area contributed by atoms with Crippen molar-refractivity contribution in [1.29, 1.82) is 0 Å². The molecule has 2 unspecified atom stereocenters. The molecule has 2 aromatic carbocycles. The first-order valence-corrected chi connectivity index (χ1v) is 18.0. The van der Waals surface area contributed by atoms with E-state index in [0.717, 1.165) is 77.4 Å². The Bertz CT molecular complexity index is 1920. The normalized spacial score (nSPS) is 22.0. The maximum Gasteiger partial charge on any atom is 0.407 e. The number of carboxylic acid groups (broad SMARTS) is 1. The molecule has 0 spiro atoms. The maximum absolute atomic E-state index is 13.5. The minimum Gasteiger partial charge on any atom is -0.465 e. The summed E-state index contributed by atoms with van der Waals surface area (Å²) in [5.74, 6) is 0.968. The highest BCUT2D eigenvalue weighted by Gasteiger charge is 2.41. The molecule has 0 radical (unpaired) electrons. The first-order valence-electron chi connectivity index (χ1n) is 18.0. The lowest BCUT2D eigenvalue weighted by atomic mass is 10.0. The van der Waals surface area contributed by atoms with Gasteiger partial charge in [0, 0.05) is 19.1 Å². The number of ether oxygens (including phenoxy) is 1. The molecular weight excluding hydrogens is 664 g/mol. The number of nitrogens with one attached hydrogen (secondary N) is 4. The average Bonchev–Trinajstić information content (AvgIpc) is 4.00. The molecule has 3 aliphatic rings. The van der Waals surface area contributed by atoms with Crippen molar-refractivity contribution in [3.63, 3.8) is 0 Å². The standard InChI is InChI=1S/C38H44N8O6/c1-22(41-38(51)52-2)35(47)45-18-4-8-31(45)33-39-20-29(42-33)25-14-10-23(11-15-25)24-12-16-26(17-13-24)30-21-40-34(43-30)32-9-5-19-46(32)36(48)27-6-3-7-28(27)44-37(49)50/h10-17,20-22,27-28,31-32,44H,3-9,18-19H2,1-2H3,(H,39,42)(H,40,43)(H,41,51)(H,49,50)/t22-,27-,28-,31?,32?/m0/s1. The van der Waals surface area contributed by atoms with Crippen LogP contribution in [0.25, 0.3) is 33.6 Å². The number of aromatic amines is 2. The van der Waals surface area contributed by atoms with Gasteiger partial charge in [0.15, 0.2) is 0 Å². The van der Waals surface area contributed by atoms with E-state index < -0.39 is 18.2 Å². The number of hydrogen-bond donors (Lipinski definition) is 5. The van der Waals surface area contributed by atoms with Crippen molar-refractivity contribution >= 4 is 24.0 Å². The Labute approximate surface area is 301 Å². The summed E-state index contributed by atoms with van der Waals surface area (Å²) in [7, 11) is 1.27. The zero-order valence-corrected chi connectivity index (χ0v) is 29.3. The van der Waals surface area contributed by atoms with Gasteiger partial charge in [0.25, 0.3) is 0 Å². The van der Waals surface area contributed by atoms with Crippen LogP contribution in [0, 0.1) is 5.92 Å². The number of amides is 4. The molecule has 7 rings (SSSR count). The van der Waals surface area contributed by atoms with E-state index in [1.54, 1.807) is 18.0 Å². The average molecular weight is 709 g/mol. The second-order valence-electron chi connectivity index (χ2n) is 13.8. The molecule has 1 saturated carbocycles. The minimum absolute atomic E-state index is 0.00787. The molecule has 4 aromatic rings. The molecule has 4 amide bonds. The summed E-state index contributed by atoms with van der Waals surface area (Å²) in [5, 5.41) is 14.3. The quantitative estimate of drug-likeness (QED) is 0.148. The van der Waals surface area contributed by atoms with E-state index >= 15 is 0 Å². The highest BCUT2D eigenvalue weighted by Crippen LogP contribution is 2.37. The predicted molar refractivity (Wildman–Crippen MR) is 192 cm³/mol. The summed E-state index contributed by atoms with van der Waals surface area (Å²) >= 11 is 0. The molecule has 2 aliphatic heterocycles. The molecule has 5 N–H and O–H groups in total. The van der Waals surface area contributed by atoms with Crippen LogP contribution in [-0.2, 0) is 14.3 Å². The van der Waals surface area contributed by atoms with Gasteiger partial charge in [0.1, 0.15) is 17.7 Å². The number of likely N-dealkylation sites (tertiary alicyclic amines) is 2. The lowest BCUT2D eigenvalue weighted by Gasteiger charge is -2.28. The second-order valence-corrected chi connectivity index (χ2v) is 13.8. The van der Waals surface area contributed by atoms with Crippen molar-refractivity contribution in [3.8, 4) is 33.6 Å². The minimum atomic E-state index is -1.09. The molecule has 4 heterocycles. The van der Waals surface area contributed by atoms with Gasteiger partial charge in [-0.15, -0.1) is 0 Å². The molecule has 2 aromatic heterocycles. The van der Waals surface area contributed by atoms with Gasteiger partial charge in [0.2, 0.25) is 11.8 Å². The Morgan fingerprint density at radius 3 is 1.83 bits per heavy atom. The summed E-state index contributed by atoms with van der Waals surface area (Å²) in [5.41, 5.74) is 5.80. The summed E-state index contributed by atoms with van der Waals surface area (Å²) in [6.45, 7) is 2.89. The van der Waals surface area contributed by atoms with Crippen molar-refractivity contribution in [3.05, 3.63) is 72.6 Å². The van der Waals surface area contributed by atoms with Crippen LogP contribution in [0.4, 0.5) is 9.59 Å². The Hall–Kier alpha value is -5.66. The highest BCUT2D eigenvalue weighted by atomic mass is 16.5. The molecule has 272 valence electrons. The third kappa shape index (κ3) is 7.10. The fourth-order valence-electron chi connectivity index (χ4n) is 7.97. The van der Waals surface area contributed by atoms with Gasteiger partial charge in [-0.2, -0.15) is 0 Å². The number of imidazole rings is 2. The van der Waals surface area contributed by atoms with Gasteiger partial charge in [-0.05, 0) is 67.7 Å². The summed E-state index contributed by atoms with van der Waals surface area (Å²) < 4.78 is 4.64. The van der Waals surface area contributed by atoms with E-state index in [1.807, 2.05) is 23.2 Å². The van der Waals surface area contributed by atoms with Crippen LogP contribution in [0.3, 0.4) is 0 Å². The monoisotopic (exact) mass is 708 g/mol. The number of alkyl carbamates (subject to hydrolysis) is 1. The van der Waals surface area contributed by atoms with Crippen LogP contribution in [0.2, 0.25) is 0 Å². The molecule has 14 nitrogen and oxygen atoms in total. The summed E-state index contributed by atoms with van der Waals surface area (Å²) in [6.07, 6.45) is 7.40. The Balaban J connectivity index is 0.988. The van der Waals surface area contributed by atoms with Crippen molar-refractivity contribution < 1.29 is 29.0 Å². The molecule has 1 aliphatic carbocycles. The van der Waals surface area contributed by atoms with Crippen LogP contribution in [-0.4, -0.2) is 91.1 Å². The lowest BCUT2D eigenvalue weighted by Crippen LogP contribution is -2.46. The SMILES string of the molecule is COC(=O)N[C@@H](C)C(=O)N1CCCC1c1ncc(-c2ccc(-c3ccc(-c4cnc(C5CCCN5C(=O)[C@H]5CCC[C@@H]5NC(=O)O)[nH]4)cc3)cc2)[nH]1.